The Hall–Kier alpha value is -1.38. The molecule has 1 N–H and O–H groups in total. The summed E-state index contributed by atoms with van der Waals surface area (Å²) in [6, 6.07) is 0. The largest absolute Gasteiger partial charge is 0.481 e. The van der Waals surface area contributed by atoms with Gasteiger partial charge in [0.05, 0.1) is 0 Å². The molecule has 0 bridgehead atoms. The van der Waals surface area contributed by atoms with Crippen molar-refractivity contribution in [2.45, 2.75) is 31.9 Å². The van der Waals surface area contributed by atoms with E-state index in [2.05, 4.69) is 9.36 Å². The van der Waals surface area contributed by atoms with Crippen LogP contribution < -0.4 is 4.90 Å². The van der Waals surface area contributed by atoms with Crippen LogP contribution in [0.15, 0.2) is 0 Å². The number of aliphatic carboxylic acids is 1. The molecule has 1 aliphatic rings. The Morgan fingerprint density at radius 3 is 2.55 bits per heavy atom. The highest BCUT2D eigenvalue weighted by molar-refractivity contribution is 7.09. The lowest BCUT2D eigenvalue weighted by Crippen LogP contribution is -2.33. The van der Waals surface area contributed by atoms with Crippen molar-refractivity contribution in [3.63, 3.8) is 0 Å². The third kappa shape index (κ3) is 3.81. The molecule has 20 heavy (non-hydrogen) atoms. The Balaban J connectivity index is 1.87. The zero-order valence-corrected chi connectivity index (χ0v) is 11.4. The maximum absolute atomic E-state index is 12.4. The van der Waals surface area contributed by atoms with Gasteiger partial charge in [-0.3, -0.25) is 4.79 Å². The summed E-state index contributed by atoms with van der Waals surface area (Å²) in [5.74, 6) is -1.59. The Labute approximate surface area is 117 Å². The Morgan fingerprint density at radius 2 is 2.05 bits per heavy atom. The summed E-state index contributed by atoms with van der Waals surface area (Å²) in [6.45, 7) is 1.19. The summed E-state index contributed by atoms with van der Waals surface area (Å²) < 4.78 is 40.6. The number of rotatable bonds is 4. The maximum atomic E-state index is 12.4. The first-order valence-corrected chi connectivity index (χ1v) is 7.01. The second kappa shape index (κ2) is 5.94. The number of hydrogen-bond donors (Lipinski definition) is 1. The molecule has 1 aliphatic heterocycles. The molecule has 0 aromatic carbocycles. The van der Waals surface area contributed by atoms with Crippen LogP contribution in [-0.2, 0) is 11.0 Å². The van der Waals surface area contributed by atoms with Crippen LogP contribution in [0, 0.1) is 5.92 Å². The molecule has 0 amide bonds. The van der Waals surface area contributed by atoms with E-state index in [4.69, 9.17) is 5.11 Å². The van der Waals surface area contributed by atoms with Gasteiger partial charge in [0, 0.05) is 31.0 Å². The lowest BCUT2D eigenvalue weighted by atomic mass is 9.92. The first-order valence-electron chi connectivity index (χ1n) is 6.24. The molecule has 0 radical (unpaired) electrons. The summed E-state index contributed by atoms with van der Waals surface area (Å²) in [7, 11) is 0. The Kier molecular flexibility index (Phi) is 4.46. The highest BCUT2D eigenvalue weighted by Crippen LogP contribution is 2.32. The summed E-state index contributed by atoms with van der Waals surface area (Å²) in [5, 5.41) is 8.91. The minimum Gasteiger partial charge on any atom is -0.481 e. The van der Waals surface area contributed by atoms with E-state index in [-0.39, 0.29) is 11.6 Å². The SMILES string of the molecule is O=C(O)CCC1CCN(c2nc(C(F)(F)F)ns2)CC1. The fourth-order valence-corrected chi connectivity index (χ4v) is 2.94. The van der Waals surface area contributed by atoms with Gasteiger partial charge in [0.15, 0.2) is 0 Å². The summed E-state index contributed by atoms with van der Waals surface area (Å²) in [5.41, 5.74) is 0. The Morgan fingerprint density at radius 1 is 1.40 bits per heavy atom. The molecule has 1 fully saturated rings. The third-order valence-corrected chi connectivity index (χ3v) is 4.10. The molecular weight excluding hydrogens is 295 g/mol. The van der Waals surface area contributed by atoms with Gasteiger partial charge in [-0.15, -0.1) is 0 Å². The van der Waals surface area contributed by atoms with E-state index in [0.29, 0.717) is 25.4 Å². The van der Waals surface area contributed by atoms with Gasteiger partial charge in [-0.2, -0.15) is 22.5 Å². The van der Waals surface area contributed by atoms with Gasteiger partial charge < -0.3 is 10.0 Å². The second-order valence-corrected chi connectivity index (χ2v) is 5.49. The van der Waals surface area contributed by atoms with Crippen LogP contribution >= 0.6 is 11.5 Å². The molecule has 9 heteroatoms. The maximum Gasteiger partial charge on any atom is 0.452 e. The minimum atomic E-state index is -4.51. The number of piperidine rings is 1. The van der Waals surface area contributed by atoms with Gasteiger partial charge >= 0.3 is 12.1 Å². The van der Waals surface area contributed by atoms with Crippen molar-refractivity contribution in [1.82, 2.24) is 9.36 Å². The highest BCUT2D eigenvalue weighted by atomic mass is 32.1. The van der Waals surface area contributed by atoms with Crippen LogP contribution in [-0.4, -0.2) is 33.5 Å². The van der Waals surface area contributed by atoms with Crippen molar-refractivity contribution in [3.8, 4) is 0 Å². The minimum absolute atomic E-state index is 0.141. The van der Waals surface area contributed by atoms with Crippen LogP contribution in [0.3, 0.4) is 0 Å². The number of hydrogen-bond acceptors (Lipinski definition) is 5. The Bertz CT molecular complexity index is 470. The predicted molar refractivity (Wildman–Crippen MR) is 66.7 cm³/mol. The molecule has 0 saturated carbocycles. The van der Waals surface area contributed by atoms with Crippen LogP contribution in [0.4, 0.5) is 18.3 Å². The first kappa shape index (κ1) is 15.0. The van der Waals surface area contributed by atoms with Crippen molar-refractivity contribution in [2.24, 2.45) is 5.92 Å². The molecule has 1 aromatic heterocycles. The lowest BCUT2D eigenvalue weighted by Gasteiger charge is -2.31. The lowest BCUT2D eigenvalue weighted by molar-refractivity contribution is -0.144. The molecule has 112 valence electrons. The predicted octanol–water partition coefficient (Wildman–Crippen LogP) is 2.64. The molecule has 5 nitrogen and oxygen atoms in total. The highest BCUT2D eigenvalue weighted by Gasteiger charge is 2.37. The monoisotopic (exact) mass is 309 g/mol. The molecule has 2 rings (SSSR count). The van der Waals surface area contributed by atoms with Gasteiger partial charge in [0.1, 0.15) is 0 Å². The number of nitrogens with zero attached hydrogens (tertiary/aromatic N) is 3. The van der Waals surface area contributed by atoms with Gasteiger partial charge in [-0.25, -0.2) is 0 Å². The van der Waals surface area contributed by atoms with Gasteiger partial charge in [0.25, 0.3) is 0 Å². The topological polar surface area (TPSA) is 66.3 Å². The van der Waals surface area contributed by atoms with Gasteiger partial charge in [-0.1, -0.05) is 0 Å². The fourth-order valence-electron chi connectivity index (χ4n) is 2.20. The number of halogens is 3. The number of anilines is 1. The van der Waals surface area contributed by atoms with E-state index in [0.717, 1.165) is 24.4 Å². The number of alkyl halides is 3. The molecule has 0 aliphatic carbocycles. The van der Waals surface area contributed by atoms with E-state index < -0.39 is 18.0 Å². The summed E-state index contributed by atoms with van der Waals surface area (Å²) in [4.78, 5) is 15.8. The average molecular weight is 309 g/mol. The normalized spacial score (nSPS) is 17.4. The van der Waals surface area contributed by atoms with E-state index in [1.54, 1.807) is 4.90 Å². The van der Waals surface area contributed by atoms with Crippen LogP contribution in [0.25, 0.3) is 0 Å². The smallest absolute Gasteiger partial charge is 0.452 e. The molecule has 0 atom stereocenters. The zero-order chi connectivity index (χ0) is 14.8. The number of carboxylic acids is 1. The number of carbonyl (C=O) groups is 1. The quantitative estimate of drug-likeness (QED) is 0.926. The van der Waals surface area contributed by atoms with Crippen molar-refractivity contribution in [1.29, 1.82) is 0 Å². The van der Waals surface area contributed by atoms with E-state index in [1.807, 2.05) is 0 Å². The zero-order valence-electron chi connectivity index (χ0n) is 10.6. The second-order valence-electron chi connectivity index (χ2n) is 4.76. The van der Waals surface area contributed by atoms with Crippen LogP contribution in [0.1, 0.15) is 31.5 Å². The summed E-state index contributed by atoms with van der Waals surface area (Å²) in [6.07, 6.45) is -2.20. The van der Waals surface area contributed by atoms with Crippen molar-refractivity contribution < 1.29 is 23.1 Å². The molecule has 1 saturated heterocycles. The van der Waals surface area contributed by atoms with Crippen LogP contribution in [0.5, 0.6) is 0 Å². The van der Waals surface area contributed by atoms with E-state index >= 15 is 0 Å². The molecule has 0 spiro atoms. The first-order chi connectivity index (χ1) is 9.36. The van der Waals surface area contributed by atoms with Crippen molar-refractivity contribution >= 4 is 22.6 Å². The number of carboxylic acid groups (broad SMARTS) is 1. The van der Waals surface area contributed by atoms with Gasteiger partial charge in [-0.05, 0) is 25.2 Å². The van der Waals surface area contributed by atoms with Crippen LogP contribution in [0.2, 0.25) is 0 Å². The molecular formula is C11H14F3N3O2S. The third-order valence-electron chi connectivity index (χ3n) is 3.32. The fraction of sp³-hybridized carbons (Fsp3) is 0.727. The average Bonchev–Trinajstić information content (AvgIpc) is 2.86. The molecule has 1 aromatic rings. The summed E-state index contributed by atoms with van der Waals surface area (Å²) >= 11 is 0.753. The standard InChI is InChI=1S/C11H14F3N3O2S/c12-11(13,14)9-15-10(20-16-9)17-5-3-7(4-6-17)1-2-8(18)19/h7H,1-6H2,(H,18,19). The van der Waals surface area contributed by atoms with E-state index in [9.17, 15) is 18.0 Å². The van der Waals surface area contributed by atoms with Crippen molar-refractivity contribution in [2.75, 3.05) is 18.0 Å². The molecule has 0 unspecified atom stereocenters. The van der Waals surface area contributed by atoms with Crippen molar-refractivity contribution in [3.05, 3.63) is 5.82 Å². The van der Waals surface area contributed by atoms with E-state index in [1.165, 1.54) is 0 Å². The van der Waals surface area contributed by atoms with Gasteiger partial charge in [0.2, 0.25) is 11.0 Å². The number of aromatic nitrogens is 2. The molecule has 2 heterocycles.